The molecule has 0 unspecified atom stereocenters. The van der Waals surface area contributed by atoms with Crippen LogP contribution in [0.5, 0.6) is 0 Å². The zero-order valence-electron chi connectivity index (χ0n) is 10.8. The Bertz CT molecular complexity index is 379. The molecule has 0 spiro atoms. The molecule has 1 aromatic carbocycles. The second-order valence-electron chi connectivity index (χ2n) is 4.13. The summed E-state index contributed by atoms with van der Waals surface area (Å²) in [6, 6.07) is 10.3. The van der Waals surface area contributed by atoms with Gasteiger partial charge in [0.25, 0.3) is 0 Å². The van der Waals surface area contributed by atoms with Gasteiger partial charge in [-0.3, -0.25) is 4.99 Å². The van der Waals surface area contributed by atoms with Crippen molar-refractivity contribution in [3.05, 3.63) is 30.3 Å². The molecule has 0 amide bonds. The standard InChI is InChI=1S/C13H19N3O2/c1-17-13(18-2)8-15-9-14-10-16(11-15)12-6-4-3-5-7-12/h3-7,9,13H,8,10-11H2,1-2H3. The topological polar surface area (TPSA) is 37.3 Å². The molecule has 0 atom stereocenters. The second-order valence-corrected chi connectivity index (χ2v) is 4.13. The van der Waals surface area contributed by atoms with E-state index in [0.717, 1.165) is 6.67 Å². The first-order chi connectivity index (χ1) is 8.83. The number of aliphatic imine (C=N–C) groups is 1. The monoisotopic (exact) mass is 249 g/mol. The lowest BCUT2D eigenvalue weighted by molar-refractivity contribution is -0.109. The zero-order chi connectivity index (χ0) is 12.8. The Morgan fingerprint density at radius 1 is 1.22 bits per heavy atom. The van der Waals surface area contributed by atoms with Crippen molar-refractivity contribution in [1.29, 1.82) is 0 Å². The predicted octanol–water partition coefficient (Wildman–Crippen LogP) is 1.37. The third-order valence-corrected chi connectivity index (χ3v) is 2.88. The molecule has 1 heterocycles. The average molecular weight is 249 g/mol. The normalized spacial score (nSPS) is 15.5. The molecule has 18 heavy (non-hydrogen) atoms. The van der Waals surface area contributed by atoms with E-state index in [2.05, 4.69) is 26.9 Å². The van der Waals surface area contributed by atoms with Crippen molar-refractivity contribution in [1.82, 2.24) is 4.90 Å². The largest absolute Gasteiger partial charge is 0.354 e. The molecule has 0 N–H and O–H groups in total. The SMILES string of the molecule is COC(CN1C=NCN(c2ccccc2)C1)OC. The van der Waals surface area contributed by atoms with Crippen molar-refractivity contribution in [2.24, 2.45) is 4.99 Å². The van der Waals surface area contributed by atoms with Crippen LogP contribution in [0, 0.1) is 0 Å². The van der Waals surface area contributed by atoms with Gasteiger partial charge in [-0.05, 0) is 12.1 Å². The number of hydrogen-bond donors (Lipinski definition) is 0. The first-order valence-corrected chi connectivity index (χ1v) is 5.93. The first-order valence-electron chi connectivity index (χ1n) is 5.93. The molecule has 2 rings (SSSR count). The van der Waals surface area contributed by atoms with Gasteiger partial charge in [-0.15, -0.1) is 0 Å². The van der Waals surface area contributed by atoms with E-state index in [4.69, 9.17) is 9.47 Å². The molecule has 5 nitrogen and oxygen atoms in total. The van der Waals surface area contributed by atoms with Gasteiger partial charge in [0.2, 0.25) is 0 Å². The Kier molecular flexibility index (Phi) is 4.55. The van der Waals surface area contributed by atoms with Gasteiger partial charge in [-0.1, -0.05) is 18.2 Å². The maximum atomic E-state index is 5.20. The van der Waals surface area contributed by atoms with E-state index < -0.39 is 0 Å². The Hall–Kier alpha value is -1.59. The van der Waals surface area contributed by atoms with Crippen LogP contribution >= 0.6 is 0 Å². The van der Waals surface area contributed by atoms with Crippen molar-refractivity contribution in [2.45, 2.75) is 6.29 Å². The fourth-order valence-electron chi connectivity index (χ4n) is 1.89. The molecule has 0 saturated heterocycles. The summed E-state index contributed by atoms with van der Waals surface area (Å²) in [5, 5.41) is 0. The summed E-state index contributed by atoms with van der Waals surface area (Å²) >= 11 is 0. The highest BCUT2D eigenvalue weighted by Gasteiger charge is 2.17. The van der Waals surface area contributed by atoms with Crippen LogP contribution in [-0.2, 0) is 9.47 Å². The maximum absolute atomic E-state index is 5.20. The Labute approximate surface area is 108 Å². The van der Waals surface area contributed by atoms with Crippen molar-refractivity contribution in [3.63, 3.8) is 0 Å². The summed E-state index contributed by atoms with van der Waals surface area (Å²) in [6.45, 7) is 2.14. The van der Waals surface area contributed by atoms with E-state index in [1.165, 1.54) is 5.69 Å². The summed E-state index contributed by atoms with van der Waals surface area (Å²) in [6.07, 6.45) is 1.62. The third-order valence-electron chi connectivity index (χ3n) is 2.88. The Morgan fingerprint density at radius 2 is 1.94 bits per heavy atom. The van der Waals surface area contributed by atoms with E-state index in [9.17, 15) is 0 Å². The van der Waals surface area contributed by atoms with Gasteiger partial charge in [-0.25, -0.2) is 0 Å². The summed E-state index contributed by atoms with van der Waals surface area (Å²) in [4.78, 5) is 8.63. The molecule has 0 bridgehead atoms. The lowest BCUT2D eigenvalue weighted by atomic mass is 10.3. The number of para-hydroxylation sites is 1. The van der Waals surface area contributed by atoms with Crippen LogP contribution in [0.1, 0.15) is 0 Å². The third kappa shape index (κ3) is 3.21. The number of hydrogen-bond acceptors (Lipinski definition) is 5. The molecule has 0 aliphatic carbocycles. The quantitative estimate of drug-likeness (QED) is 0.739. The minimum Gasteiger partial charge on any atom is -0.354 e. The highest BCUT2D eigenvalue weighted by Crippen LogP contribution is 2.15. The van der Waals surface area contributed by atoms with Crippen LogP contribution < -0.4 is 4.90 Å². The number of benzene rings is 1. The fourth-order valence-corrected chi connectivity index (χ4v) is 1.89. The summed E-state index contributed by atoms with van der Waals surface area (Å²) in [5.41, 5.74) is 1.17. The minimum absolute atomic E-state index is 0.229. The predicted molar refractivity (Wildman–Crippen MR) is 71.7 cm³/mol. The van der Waals surface area contributed by atoms with Crippen LogP contribution in [0.25, 0.3) is 0 Å². The van der Waals surface area contributed by atoms with Gasteiger partial charge < -0.3 is 19.3 Å². The van der Waals surface area contributed by atoms with E-state index in [-0.39, 0.29) is 6.29 Å². The van der Waals surface area contributed by atoms with E-state index in [0.29, 0.717) is 13.2 Å². The van der Waals surface area contributed by atoms with Crippen LogP contribution in [0.2, 0.25) is 0 Å². The van der Waals surface area contributed by atoms with Crippen molar-refractivity contribution in [3.8, 4) is 0 Å². The molecular weight excluding hydrogens is 230 g/mol. The smallest absolute Gasteiger partial charge is 0.174 e. The molecule has 0 aromatic heterocycles. The number of anilines is 1. The number of rotatable bonds is 5. The number of nitrogens with zero attached hydrogens (tertiary/aromatic N) is 3. The molecule has 1 aliphatic heterocycles. The van der Waals surface area contributed by atoms with Crippen LogP contribution in [0.15, 0.2) is 35.3 Å². The maximum Gasteiger partial charge on any atom is 0.174 e. The first kappa shape index (κ1) is 12.9. The van der Waals surface area contributed by atoms with Gasteiger partial charge in [0.15, 0.2) is 6.29 Å². The van der Waals surface area contributed by atoms with E-state index in [1.807, 2.05) is 24.5 Å². The van der Waals surface area contributed by atoms with Gasteiger partial charge >= 0.3 is 0 Å². The molecule has 0 saturated carbocycles. The van der Waals surface area contributed by atoms with Crippen molar-refractivity contribution >= 4 is 12.0 Å². The van der Waals surface area contributed by atoms with Crippen LogP contribution in [-0.4, -0.2) is 51.6 Å². The van der Waals surface area contributed by atoms with Crippen LogP contribution in [0.4, 0.5) is 5.69 Å². The van der Waals surface area contributed by atoms with E-state index in [1.54, 1.807) is 14.2 Å². The van der Waals surface area contributed by atoms with Gasteiger partial charge in [0, 0.05) is 19.9 Å². The summed E-state index contributed by atoms with van der Waals surface area (Å²) in [7, 11) is 3.29. The van der Waals surface area contributed by atoms with E-state index >= 15 is 0 Å². The molecule has 0 fully saturated rings. The molecule has 0 radical (unpaired) electrons. The highest BCUT2D eigenvalue weighted by molar-refractivity contribution is 5.59. The Morgan fingerprint density at radius 3 is 2.61 bits per heavy atom. The summed E-state index contributed by atoms with van der Waals surface area (Å²) < 4.78 is 10.4. The number of methoxy groups -OCH3 is 2. The lowest BCUT2D eigenvalue weighted by Crippen LogP contribution is -2.45. The second kappa shape index (κ2) is 6.37. The van der Waals surface area contributed by atoms with Gasteiger partial charge in [0.05, 0.1) is 19.6 Å². The minimum atomic E-state index is -0.229. The molecule has 98 valence electrons. The molecular formula is C13H19N3O2. The summed E-state index contributed by atoms with van der Waals surface area (Å²) in [5.74, 6) is 0. The fraction of sp³-hybridized carbons (Fsp3) is 0.462. The van der Waals surface area contributed by atoms with Crippen molar-refractivity contribution in [2.75, 3.05) is 39.0 Å². The lowest BCUT2D eigenvalue weighted by Gasteiger charge is -2.34. The average Bonchev–Trinajstić information content (AvgIpc) is 2.46. The number of ether oxygens (including phenoxy) is 2. The van der Waals surface area contributed by atoms with Crippen molar-refractivity contribution < 1.29 is 9.47 Å². The highest BCUT2D eigenvalue weighted by atomic mass is 16.7. The van der Waals surface area contributed by atoms with Gasteiger partial charge in [-0.2, -0.15) is 0 Å². The molecule has 1 aromatic rings. The van der Waals surface area contributed by atoms with Crippen LogP contribution in [0.3, 0.4) is 0 Å². The molecule has 1 aliphatic rings. The molecule has 5 heteroatoms. The Balaban J connectivity index is 1.97. The zero-order valence-corrected chi connectivity index (χ0v) is 10.8. The van der Waals surface area contributed by atoms with Gasteiger partial charge in [0.1, 0.15) is 6.67 Å².